The number of carbonyl (C=O) groups is 2. The Morgan fingerprint density at radius 3 is 1.53 bits per heavy atom. The molecule has 2 aliphatic rings. The summed E-state index contributed by atoms with van der Waals surface area (Å²) < 4.78 is 22.5. The second-order valence-electron chi connectivity index (χ2n) is 4.13. The second-order valence-corrected chi connectivity index (χ2v) is 6.29. The van der Waals surface area contributed by atoms with Gasteiger partial charge in [-0.2, -0.15) is 0 Å². The summed E-state index contributed by atoms with van der Waals surface area (Å²) in [5, 5.41) is 17.6. The minimum atomic E-state index is -3.24. The molecule has 0 aromatic heterocycles. The first kappa shape index (κ1) is 10.4. The van der Waals surface area contributed by atoms with Gasteiger partial charge in [-0.25, -0.2) is 8.42 Å². The number of sulfone groups is 1. The average Bonchev–Trinajstić information content (AvgIpc) is 2.27. The van der Waals surface area contributed by atoms with Crippen LogP contribution in [0.3, 0.4) is 0 Å². The molecule has 1 aliphatic carbocycles. The first-order valence-corrected chi connectivity index (χ1v) is 6.31. The van der Waals surface area contributed by atoms with Crippen molar-refractivity contribution >= 4 is 21.8 Å². The number of rotatable bonds is 2. The lowest BCUT2D eigenvalue weighted by Crippen LogP contribution is -2.53. The zero-order chi connectivity index (χ0) is 11.4. The van der Waals surface area contributed by atoms with Gasteiger partial charge in [0.2, 0.25) is 0 Å². The fourth-order valence-electron chi connectivity index (χ4n) is 2.70. The van der Waals surface area contributed by atoms with Crippen molar-refractivity contribution in [2.45, 2.75) is 0 Å². The molecular weight excluding hydrogens is 224 g/mol. The van der Waals surface area contributed by atoms with Crippen LogP contribution in [0, 0.1) is 23.7 Å². The highest BCUT2D eigenvalue weighted by atomic mass is 32.2. The molecule has 1 saturated carbocycles. The number of hydrogen-bond donors (Lipinski definition) is 2. The second kappa shape index (κ2) is 2.94. The molecule has 84 valence electrons. The maximum absolute atomic E-state index is 11.2. The normalized spacial score (nSPS) is 41.6. The molecule has 0 unspecified atom stereocenters. The van der Waals surface area contributed by atoms with E-state index in [9.17, 15) is 18.0 Å². The van der Waals surface area contributed by atoms with E-state index in [1.54, 1.807) is 0 Å². The lowest BCUT2D eigenvalue weighted by Gasteiger charge is -2.42. The lowest BCUT2D eigenvalue weighted by molar-refractivity contribution is -0.170. The Hall–Kier alpha value is -1.11. The zero-order valence-corrected chi connectivity index (χ0v) is 8.48. The number of hydrogen-bond acceptors (Lipinski definition) is 4. The van der Waals surface area contributed by atoms with E-state index in [4.69, 9.17) is 10.2 Å². The minimum Gasteiger partial charge on any atom is -0.481 e. The summed E-state index contributed by atoms with van der Waals surface area (Å²) in [6.07, 6.45) is 0. The van der Waals surface area contributed by atoms with Gasteiger partial charge in [0, 0.05) is 0 Å². The predicted octanol–water partition coefficient (Wildman–Crippen LogP) is -0.938. The van der Waals surface area contributed by atoms with E-state index in [2.05, 4.69) is 0 Å². The molecule has 1 saturated heterocycles. The molecule has 2 fully saturated rings. The molecule has 1 aliphatic heterocycles. The standard InChI is InChI=1S/C8H10O6S/c9-7(10)5-3-1-15(13,14)2-4(3)6(5)8(11)12/h3-6H,1-2H2,(H,9,10)(H,11,12)/t3-,4+,5+,6-. The van der Waals surface area contributed by atoms with Gasteiger partial charge >= 0.3 is 11.9 Å². The van der Waals surface area contributed by atoms with E-state index < -0.39 is 45.4 Å². The Balaban J connectivity index is 2.29. The fourth-order valence-corrected chi connectivity index (χ4v) is 4.92. The Kier molecular flexibility index (Phi) is 2.04. The maximum atomic E-state index is 11.2. The molecule has 15 heavy (non-hydrogen) atoms. The third kappa shape index (κ3) is 1.41. The third-order valence-corrected chi connectivity index (χ3v) is 5.11. The highest BCUT2D eigenvalue weighted by Gasteiger charge is 2.62. The molecule has 0 radical (unpaired) electrons. The van der Waals surface area contributed by atoms with Crippen LogP contribution in [0.4, 0.5) is 0 Å². The largest absolute Gasteiger partial charge is 0.481 e. The maximum Gasteiger partial charge on any atom is 0.307 e. The van der Waals surface area contributed by atoms with Gasteiger partial charge in [-0.1, -0.05) is 0 Å². The quantitative estimate of drug-likeness (QED) is 0.638. The Morgan fingerprint density at radius 2 is 1.27 bits per heavy atom. The molecule has 0 aromatic carbocycles. The summed E-state index contributed by atoms with van der Waals surface area (Å²) >= 11 is 0. The van der Waals surface area contributed by atoms with Gasteiger partial charge in [0.05, 0.1) is 23.3 Å². The molecule has 0 bridgehead atoms. The van der Waals surface area contributed by atoms with Crippen LogP contribution in [0.15, 0.2) is 0 Å². The van der Waals surface area contributed by atoms with Crippen LogP contribution in [0.1, 0.15) is 0 Å². The van der Waals surface area contributed by atoms with Crippen LogP contribution in [-0.4, -0.2) is 42.1 Å². The van der Waals surface area contributed by atoms with Crippen molar-refractivity contribution in [2.75, 3.05) is 11.5 Å². The van der Waals surface area contributed by atoms with E-state index in [1.165, 1.54) is 0 Å². The van der Waals surface area contributed by atoms with E-state index in [0.717, 1.165) is 0 Å². The molecule has 6 nitrogen and oxygen atoms in total. The molecule has 4 atom stereocenters. The molecule has 0 amide bonds. The topological polar surface area (TPSA) is 109 Å². The minimum absolute atomic E-state index is 0.182. The lowest BCUT2D eigenvalue weighted by atomic mass is 9.58. The van der Waals surface area contributed by atoms with E-state index in [0.29, 0.717) is 0 Å². The van der Waals surface area contributed by atoms with Gasteiger partial charge in [-0.3, -0.25) is 9.59 Å². The number of carboxylic acid groups (broad SMARTS) is 2. The highest BCUT2D eigenvalue weighted by molar-refractivity contribution is 7.91. The number of carboxylic acids is 2. The van der Waals surface area contributed by atoms with Gasteiger partial charge < -0.3 is 10.2 Å². The Morgan fingerprint density at radius 1 is 0.933 bits per heavy atom. The molecule has 1 heterocycles. The van der Waals surface area contributed by atoms with Gasteiger partial charge in [0.15, 0.2) is 9.84 Å². The first-order chi connectivity index (χ1) is 6.83. The van der Waals surface area contributed by atoms with Crippen molar-refractivity contribution < 1.29 is 28.2 Å². The smallest absolute Gasteiger partial charge is 0.307 e. The average molecular weight is 234 g/mol. The molecule has 2 rings (SSSR count). The molecule has 2 N–H and O–H groups in total. The van der Waals surface area contributed by atoms with Crippen LogP contribution in [0.2, 0.25) is 0 Å². The SMILES string of the molecule is O=C(O)[C@@H]1[C@H]2CS(=O)(=O)C[C@H]2[C@@H]1C(=O)O. The van der Waals surface area contributed by atoms with Gasteiger partial charge in [0.25, 0.3) is 0 Å². The van der Waals surface area contributed by atoms with E-state index in [1.807, 2.05) is 0 Å². The number of aliphatic carboxylic acids is 2. The monoisotopic (exact) mass is 234 g/mol. The van der Waals surface area contributed by atoms with Crippen LogP contribution in [0.25, 0.3) is 0 Å². The van der Waals surface area contributed by atoms with E-state index in [-0.39, 0.29) is 11.5 Å². The van der Waals surface area contributed by atoms with Crippen LogP contribution >= 0.6 is 0 Å². The summed E-state index contributed by atoms with van der Waals surface area (Å²) in [7, 11) is -3.24. The van der Waals surface area contributed by atoms with Gasteiger partial charge in [0.1, 0.15) is 0 Å². The van der Waals surface area contributed by atoms with Crippen LogP contribution < -0.4 is 0 Å². The van der Waals surface area contributed by atoms with Crippen molar-refractivity contribution in [1.82, 2.24) is 0 Å². The van der Waals surface area contributed by atoms with Gasteiger partial charge in [-0.05, 0) is 11.8 Å². The van der Waals surface area contributed by atoms with Crippen LogP contribution in [0.5, 0.6) is 0 Å². The predicted molar refractivity (Wildman–Crippen MR) is 47.9 cm³/mol. The van der Waals surface area contributed by atoms with Crippen LogP contribution in [-0.2, 0) is 19.4 Å². The molecular formula is C8H10O6S. The van der Waals surface area contributed by atoms with Crippen molar-refractivity contribution in [2.24, 2.45) is 23.7 Å². The highest BCUT2D eigenvalue weighted by Crippen LogP contribution is 2.51. The summed E-state index contributed by atoms with van der Waals surface area (Å²) in [6.45, 7) is 0. The zero-order valence-electron chi connectivity index (χ0n) is 7.66. The summed E-state index contributed by atoms with van der Waals surface area (Å²) in [5.41, 5.74) is 0. The Labute approximate surface area is 85.8 Å². The van der Waals surface area contributed by atoms with Crippen molar-refractivity contribution in [3.63, 3.8) is 0 Å². The molecule has 7 heteroatoms. The number of fused-ring (bicyclic) bond motifs is 1. The van der Waals surface area contributed by atoms with E-state index >= 15 is 0 Å². The van der Waals surface area contributed by atoms with Crippen molar-refractivity contribution in [3.05, 3.63) is 0 Å². The summed E-state index contributed by atoms with van der Waals surface area (Å²) in [5.74, 6) is -5.87. The third-order valence-electron chi connectivity index (χ3n) is 3.32. The van der Waals surface area contributed by atoms with Crippen molar-refractivity contribution in [1.29, 1.82) is 0 Å². The summed E-state index contributed by atoms with van der Waals surface area (Å²) in [6, 6.07) is 0. The molecule has 0 aromatic rings. The van der Waals surface area contributed by atoms with Gasteiger partial charge in [-0.15, -0.1) is 0 Å². The Bertz CT molecular complexity index is 390. The summed E-state index contributed by atoms with van der Waals surface area (Å²) in [4.78, 5) is 21.6. The van der Waals surface area contributed by atoms with Crippen molar-refractivity contribution in [3.8, 4) is 0 Å². The molecule has 0 spiro atoms. The first-order valence-electron chi connectivity index (χ1n) is 4.49. The fraction of sp³-hybridized carbons (Fsp3) is 0.750.